The summed E-state index contributed by atoms with van der Waals surface area (Å²) in [6.45, 7) is 13.8. The maximum Gasteiger partial charge on any atom is 0.169 e. The van der Waals surface area contributed by atoms with E-state index in [4.69, 9.17) is 0 Å². The summed E-state index contributed by atoms with van der Waals surface area (Å²) in [5.74, 6) is 1.42. The van der Waals surface area contributed by atoms with E-state index in [1.54, 1.807) is 11.3 Å². The number of rotatable bonds is 6. The van der Waals surface area contributed by atoms with Crippen LogP contribution in [0.1, 0.15) is 41.7 Å². The molecule has 1 aromatic carbocycles. The zero-order valence-electron chi connectivity index (χ0n) is 17.7. The van der Waals surface area contributed by atoms with Gasteiger partial charge in [0.05, 0.1) is 12.6 Å². The number of aryl methyl sites for hydroxylation is 1. The fraction of sp³-hybridized carbons (Fsp3) is 0.500. The van der Waals surface area contributed by atoms with Crippen molar-refractivity contribution in [3.05, 3.63) is 57.5 Å². The predicted octanol–water partition coefficient (Wildman–Crippen LogP) is 3.92. The Kier molecular flexibility index (Phi) is 5.96. The highest BCUT2D eigenvalue weighted by Gasteiger charge is 2.31. The smallest absolute Gasteiger partial charge is 0.169 e. The largest absolute Gasteiger partial charge is 0.369 e. The van der Waals surface area contributed by atoms with E-state index < -0.39 is 0 Å². The summed E-state index contributed by atoms with van der Waals surface area (Å²) in [6, 6.07) is 11.1. The fourth-order valence-corrected chi connectivity index (χ4v) is 4.97. The van der Waals surface area contributed by atoms with Crippen LogP contribution >= 0.6 is 11.3 Å². The van der Waals surface area contributed by atoms with E-state index in [9.17, 15) is 0 Å². The monoisotopic (exact) mass is 410 g/mol. The Labute approximate surface area is 177 Å². The van der Waals surface area contributed by atoms with Gasteiger partial charge in [-0.15, -0.1) is 16.4 Å². The van der Waals surface area contributed by atoms with Crippen LogP contribution in [0.3, 0.4) is 0 Å². The molecule has 1 saturated heterocycles. The number of nitrogens with zero attached hydrogens (tertiary/aromatic N) is 6. The molecule has 1 aliphatic heterocycles. The molecule has 1 aliphatic rings. The molecule has 1 atom stereocenters. The minimum absolute atomic E-state index is 0.228. The lowest BCUT2D eigenvalue weighted by molar-refractivity contribution is 0.135. The molecule has 0 spiro atoms. The van der Waals surface area contributed by atoms with Gasteiger partial charge in [-0.05, 0) is 58.8 Å². The topological polar surface area (TPSA) is 50.1 Å². The number of anilines is 1. The molecule has 4 rings (SSSR count). The molecule has 3 aromatic rings. The van der Waals surface area contributed by atoms with Gasteiger partial charge >= 0.3 is 0 Å². The van der Waals surface area contributed by atoms with Crippen LogP contribution in [-0.2, 0) is 6.54 Å². The lowest BCUT2D eigenvalue weighted by Crippen LogP contribution is -2.49. The maximum absolute atomic E-state index is 4.45. The Hall–Kier alpha value is -2.25. The van der Waals surface area contributed by atoms with Crippen molar-refractivity contribution in [3.63, 3.8) is 0 Å². The van der Waals surface area contributed by atoms with Gasteiger partial charge in [0.25, 0.3) is 0 Å². The number of hydrogen-bond donors (Lipinski definition) is 0. The molecule has 7 heteroatoms. The Morgan fingerprint density at radius 3 is 2.52 bits per heavy atom. The second-order valence-corrected chi connectivity index (χ2v) is 9.24. The van der Waals surface area contributed by atoms with Gasteiger partial charge in [-0.25, -0.2) is 4.68 Å². The standard InChI is InChI=1S/C22H30N6S/c1-16(2)21(22-23-24-25-28(22)15-19-8-6-14-29-19)27-12-10-26(11-13-27)20-9-5-7-17(3)18(20)4/h5-9,14,16,21H,10-13,15H2,1-4H3. The molecule has 0 aliphatic carbocycles. The van der Waals surface area contributed by atoms with Crippen molar-refractivity contribution in [2.75, 3.05) is 31.1 Å². The van der Waals surface area contributed by atoms with Crippen LogP contribution in [0.5, 0.6) is 0 Å². The lowest BCUT2D eigenvalue weighted by atomic mass is 10.00. The van der Waals surface area contributed by atoms with Crippen LogP contribution in [0, 0.1) is 19.8 Å². The minimum atomic E-state index is 0.228. The van der Waals surface area contributed by atoms with Crippen LogP contribution in [0.4, 0.5) is 5.69 Å². The number of aromatic nitrogens is 4. The SMILES string of the molecule is Cc1cccc(N2CCN(C(c3nnnn3Cc3cccs3)C(C)C)CC2)c1C. The molecule has 0 radical (unpaired) electrons. The Balaban J connectivity index is 1.50. The summed E-state index contributed by atoms with van der Waals surface area (Å²) in [4.78, 5) is 6.36. The number of benzene rings is 1. The van der Waals surface area contributed by atoms with E-state index in [1.807, 2.05) is 4.68 Å². The first-order chi connectivity index (χ1) is 14.0. The van der Waals surface area contributed by atoms with Gasteiger partial charge in [0.2, 0.25) is 0 Å². The number of hydrogen-bond acceptors (Lipinski definition) is 6. The highest BCUT2D eigenvalue weighted by Crippen LogP contribution is 2.30. The highest BCUT2D eigenvalue weighted by molar-refractivity contribution is 7.09. The predicted molar refractivity (Wildman–Crippen MR) is 119 cm³/mol. The van der Waals surface area contributed by atoms with Crippen molar-refractivity contribution in [2.24, 2.45) is 5.92 Å². The molecule has 0 N–H and O–H groups in total. The van der Waals surface area contributed by atoms with Crippen LogP contribution in [0.15, 0.2) is 35.7 Å². The molecule has 29 heavy (non-hydrogen) atoms. The molecule has 154 valence electrons. The molecule has 1 fully saturated rings. The second kappa shape index (κ2) is 8.63. The molecule has 0 amide bonds. The summed E-state index contributed by atoms with van der Waals surface area (Å²) in [6.07, 6.45) is 0. The molecule has 3 heterocycles. The van der Waals surface area contributed by atoms with Crippen LogP contribution < -0.4 is 4.90 Å². The summed E-state index contributed by atoms with van der Waals surface area (Å²) >= 11 is 1.75. The first kappa shape index (κ1) is 20.0. The number of thiophene rings is 1. The van der Waals surface area contributed by atoms with Crippen molar-refractivity contribution in [3.8, 4) is 0 Å². The molecule has 6 nitrogen and oxygen atoms in total. The van der Waals surface area contributed by atoms with Crippen LogP contribution in [-0.4, -0.2) is 51.3 Å². The number of tetrazole rings is 1. The van der Waals surface area contributed by atoms with E-state index in [1.165, 1.54) is 21.7 Å². The second-order valence-electron chi connectivity index (χ2n) is 8.21. The first-order valence-electron chi connectivity index (χ1n) is 10.4. The number of piperazine rings is 1. The van der Waals surface area contributed by atoms with Gasteiger partial charge in [0.1, 0.15) is 0 Å². The maximum atomic E-state index is 4.45. The molecule has 2 aromatic heterocycles. The lowest BCUT2D eigenvalue weighted by Gasteiger charge is -2.41. The van der Waals surface area contributed by atoms with E-state index in [0.717, 1.165) is 38.5 Å². The molecule has 1 unspecified atom stereocenters. The summed E-state index contributed by atoms with van der Waals surface area (Å²) in [5.41, 5.74) is 4.12. The third kappa shape index (κ3) is 4.21. The van der Waals surface area contributed by atoms with Gasteiger partial charge in [-0.3, -0.25) is 4.90 Å². The van der Waals surface area contributed by atoms with Crippen LogP contribution in [0.2, 0.25) is 0 Å². The van der Waals surface area contributed by atoms with Crippen molar-refractivity contribution < 1.29 is 0 Å². The highest BCUT2D eigenvalue weighted by atomic mass is 32.1. The summed E-state index contributed by atoms with van der Waals surface area (Å²) < 4.78 is 1.98. The minimum Gasteiger partial charge on any atom is -0.369 e. The van der Waals surface area contributed by atoms with Gasteiger partial charge < -0.3 is 4.90 Å². The van der Waals surface area contributed by atoms with Crippen molar-refractivity contribution >= 4 is 17.0 Å². The summed E-state index contributed by atoms with van der Waals surface area (Å²) in [7, 11) is 0. The van der Waals surface area contributed by atoms with Crippen LogP contribution in [0.25, 0.3) is 0 Å². The van der Waals surface area contributed by atoms with E-state index in [0.29, 0.717) is 5.92 Å². The normalized spacial score (nSPS) is 16.5. The average molecular weight is 411 g/mol. The molecular weight excluding hydrogens is 380 g/mol. The van der Waals surface area contributed by atoms with E-state index >= 15 is 0 Å². The van der Waals surface area contributed by atoms with Gasteiger partial charge in [0, 0.05) is 36.7 Å². The fourth-order valence-electron chi connectivity index (χ4n) is 4.29. The molecule has 0 bridgehead atoms. The third-order valence-corrected chi connectivity index (χ3v) is 6.83. The molecular formula is C22H30N6S. The molecule has 0 saturated carbocycles. The Bertz CT molecular complexity index is 925. The van der Waals surface area contributed by atoms with Gasteiger partial charge in [-0.2, -0.15) is 0 Å². The van der Waals surface area contributed by atoms with Crippen molar-refractivity contribution in [1.82, 2.24) is 25.1 Å². The average Bonchev–Trinajstić information content (AvgIpc) is 3.38. The third-order valence-electron chi connectivity index (χ3n) is 5.97. The Morgan fingerprint density at radius 2 is 1.83 bits per heavy atom. The van der Waals surface area contributed by atoms with Crippen molar-refractivity contribution in [2.45, 2.75) is 40.3 Å². The summed E-state index contributed by atoms with van der Waals surface area (Å²) in [5, 5.41) is 14.9. The van der Waals surface area contributed by atoms with Gasteiger partial charge in [-0.1, -0.05) is 32.0 Å². The zero-order valence-corrected chi connectivity index (χ0v) is 18.6. The van der Waals surface area contributed by atoms with Crippen molar-refractivity contribution in [1.29, 1.82) is 0 Å². The first-order valence-corrected chi connectivity index (χ1v) is 11.3. The zero-order chi connectivity index (χ0) is 20.4. The van der Waals surface area contributed by atoms with E-state index in [2.05, 4.69) is 88.7 Å². The quantitative estimate of drug-likeness (QED) is 0.616. The van der Waals surface area contributed by atoms with Gasteiger partial charge in [0.15, 0.2) is 5.82 Å². The van der Waals surface area contributed by atoms with E-state index in [-0.39, 0.29) is 6.04 Å². The Morgan fingerprint density at radius 1 is 1.03 bits per heavy atom.